The molecule has 2 amide bonds. The third kappa shape index (κ3) is 3.76. The van der Waals surface area contributed by atoms with Gasteiger partial charge in [-0.2, -0.15) is 5.10 Å². The van der Waals surface area contributed by atoms with E-state index in [2.05, 4.69) is 15.7 Å². The molecule has 2 aromatic heterocycles. The Labute approximate surface area is 151 Å². The third-order valence-electron chi connectivity index (χ3n) is 4.73. The number of carbonyl (C=O) groups is 2. The van der Waals surface area contributed by atoms with Gasteiger partial charge in [0.05, 0.1) is 5.56 Å². The lowest BCUT2D eigenvalue weighted by molar-refractivity contribution is 0.0938. The van der Waals surface area contributed by atoms with E-state index in [-0.39, 0.29) is 17.9 Å². The summed E-state index contributed by atoms with van der Waals surface area (Å²) in [4.78, 5) is 26.3. The van der Waals surface area contributed by atoms with Crippen LogP contribution in [0.1, 0.15) is 63.9 Å². The van der Waals surface area contributed by atoms with Crippen LogP contribution in [0, 0.1) is 13.8 Å². The Morgan fingerprint density at radius 1 is 1.28 bits per heavy atom. The minimum absolute atomic E-state index is 0.0943. The highest BCUT2D eigenvalue weighted by Crippen LogP contribution is 2.33. The molecule has 2 aromatic rings. The lowest BCUT2D eigenvalue weighted by Crippen LogP contribution is -2.33. The monoisotopic (exact) mass is 360 g/mol. The van der Waals surface area contributed by atoms with Gasteiger partial charge in [-0.3, -0.25) is 14.3 Å². The van der Waals surface area contributed by atoms with Gasteiger partial charge >= 0.3 is 0 Å². The number of nitrogens with zero attached hydrogens (tertiary/aromatic N) is 2. The van der Waals surface area contributed by atoms with Crippen LogP contribution in [-0.2, 0) is 6.54 Å². The van der Waals surface area contributed by atoms with Crippen molar-refractivity contribution in [2.75, 3.05) is 5.32 Å². The summed E-state index contributed by atoms with van der Waals surface area (Å²) in [5, 5.41) is 10.8. The van der Waals surface area contributed by atoms with Crippen LogP contribution in [0.2, 0.25) is 0 Å². The summed E-state index contributed by atoms with van der Waals surface area (Å²) >= 11 is 1.44. The van der Waals surface area contributed by atoms with Crippen LogP contribution in [-0.4, -0.2) is 27.6 Å². The van der Waals surface area contributed by atoms with Crippen molar-refractivity contribution in [2.24, 2.45) is 0 Å². The van der Waals surface area contributed by atoms with Gasteiger partial charge in [-0.15, -0.1) is 11.3 Å². The van der Waals surface area contributed by atoms with E-state index in [1.54, 1.807) is 16.9 Å². The van der Waals surface area contributed by atoms with Crippen molar-refractivity contribution in [3.05, 3.63) is 34.0 Å². The topological polar surface area (TPSA) is 76.0 Å². The van der Waals surface area contributed by atoms with Crippen molar-refractivity contribution in [2.45, 2.75) is 59.0 Å². The maximum atomic E-state index is 12.7. The van der Waals surface area contributed by atoms with Crippen LogP contribution in [0.5, 0.6) is 0 Å². The molecule has 1 aliphatic rings. The van der Waals surface area contributed by atoms with E-state index in [1.807, 2.05) is 20.8 Å². The molecule has 0 saturated heterocycles. The van der Waals surface area contributed by atoms with Gasteiger partial charge in [-0.1, -0.05) is 12.8 Å². The molecular formula is C18H24N4O2S. The molecule has 0 bridgehead atoms. The first-order valence-corrected chi connectivity index (χ1v) is 9.57. The molecule has 1 fully saturated rings. The first kappa shape index (κ1) is 17.7. The minimum Gasteiger partial charge on any atom is -0.349 e. The molecule has 0 spiro atoms. The smallest absolute Gasteiger partial charge is 0.276 e. The van der Waals surface area contributed by atoms with E-state index in [9.17, 15) is 9.59 Å². The number of aromatic nitrogens is 2. The van der Waals surface area contributed by atoms with Crippen LogP contribution >= 0.6 is 11.3 Å². The fourth-order valence-electron chi connectivity index (χ4n) is 3.14. The van der Waals surface area contributed by atoms with Gasteiger partial charge in [-0.05, 0) is 45.2 Å². The van der Waals surface area contributed by atoms with Crippen LogP contribution in [0.3, 0.4) is 0 Å². The lowest BCUT2D eigenvalue weighted by Gasteiger charge is -2.13. The van der Waals surface area contributed by atoms with E-state index < -0.39 is 0 Å². The fourth-order valence-corrected chi connectivity index (χ4v) is 4.20. The Kier molecular flexibility index (Phi) is 5.22. The number of rotatable bonds is 5. The fraction of sp³-hybridized carbons (Fsp3) is 0.500. The summed E-state index contributed by atoms with van der Waals surface area (Å²) in [6.07, 6.45) is 6.16. The van der Waals surface area contributed by atoms with Gasteiger partial charge in [0, 0.05) is 23.7 Å². The van der Waals surface area contributed by atoms with E-state index in [0.29, 0.717) is 22.8 Å². The normalized spacial score (nSPS) is 14.7. The summed E-state index contributed by atoms with van der Waals surface area (Å²) in [6.45, 7) is 6.57. The van der Waals surface area contributed by atoms with Crippen LogP contribution in [0.15, 0.2) is 12.3 Å². The van der Waals surface area contributed by atoms with Crippen molar-refractivity contribution < 1.29 is 9.59 Å². The second-order valence-electron chi connectivity index (χ2n) is 6.45. The third-order valence-corrected chi connectivity index (χ3v) is 5.85. The zero-order valence-electron chi connectivity index (χ0n) is 14.9. The number of thiophene rings is 1. The Bertz CT molecular complexity index is 787. The molecule has 0 unspecified atom stereocenters. The predicted octanol–water partition coefficient (Wildman–Crippen LogP) is 3.51. The number of hydrogen-bond donors (Lipinski definition) is 2. The molecule has 3 rings (SSSR count). The Morgan fingerprint density at radius 3 is 2.64 bits per heavy atom. The molecule has 6 nitrogen and oxygen atoms in total. The molecule has 2 N–H and O–H groups in total. The predicted molar refractivity (Wildman–Crippen MR) is 99.4 cm³/mol. The lowest BCUT2D eigenvalue weighted by atomic mass is 10.1. The number of nitrogens with one attached hydrogen (secondary N) is 2. The molecule has 1 saturated carbocycles. The van der Waals surface area contributed by atoms with Gasteiger partial charge in [0.15, 0.2) is 5.69 Å². The van der Waals surface area contributed by atoms with Crippen LogP contribution < -0.4 is 10.6 Å². The van der Waals surface area contributed by atoms with Gasteiger partial charge in [0.2, 0.25) is 0 Å². The summed E-state index contributed by atoms with van der Waals surface area (Å²) in [5.41, 5.74) is 1.86. The SMILES string of the molecule is CCn1ccc(C(=O)Nc2sc(C)c(C)c2C(=O)NC2CCCC2)n1. The molecule has 0 aliphatic heterocycles. The molecule has 0 aromatic carbocycles. The molecule has 25 heavy (non-hydrogen) atoms. The zero-order chi connectivity index (χ0) is 18.0. The van der Waals surface area contributed by atoms with Gasteiger partial charge in [0.25, 0.3) is 11.8 Å². The largest absolute Gasteiger partial charge is 0.349 e. The summed E-state index contributed by atoms with van der Waals surface area (Å²) in [7, 11) is 0. The number of amides is 2. The number of hydrogen-bond acceptors (Lipinski definition) is 4. The first-order valence-electron chi connectivity index (χ1n) is 8.75. The Hall–Kier alpha value is -2.15. The van der Waals surface area contributed by atoms with E-state index in [1.165, 1.54) is 11.3 Å². The molecule has 0 atom stereocenters. The second kappa shape index (κ2) is 7.39. The first-order chi connectivity index (χ1) is 12.0. The number of aryl methyl sites for hydroxylation is 2. The summed E-state index contributed by atoms with van der Waals surface area (Å²) in [5.74, 6) is -0.383. The molecular weight excluding hydrogens is 336 g/mol. The average Bonchev–Trinajstić information content (AvgIpc) is 3.29. The highest BCUT2D eigenvalue weighted by molar-refractivity contribution is 7.16. The minimum atomic E-state index is -0.289. The van der Waals surface area contributed by atoms with E-state index in [0.717, 1.165) is 36.1 Å². The van der Waals surface area contributed by atoms with Crippen molar-refractivity contribution >= 4 is 28.2 Å². The van der Waals surface area contributed by atoms with Crippen LogP contribution in [0.25, 0.3) is 0 Å². The van der Waals surface area contributed by atoms with Crippen molar-refractivity contribution in [1.82, 2.24) is 15.1 Å². The van der Waals surface area contributed by atoms with Gasteiger partial charge in [0.1, 0.15) is 5.00 Å². The molecule has 2 heterocycles. The zero-order valence-corrected chi connectivity index (χ0v) is 15.7. The molecule has 134 valence electrons. The Balaban J connectivity index is 1.79. The van der Waals surface area contributed by atoms with Gasteiger partial charge < -0.3 is 10.6 Å². The quantitative estimate of drug-likeness (QED) is 0.857. The number of anilines is 1. The highest BCUT2D eigenvalue weighted by Gasteiger charge is 2.25. The Morgan fingerprint density at radius 2 is 2.00 bits per heavy atom. The second-order valence-corrected chi connectivity index (χ2v) is 7.68. The summed E-state index contributed by atoms with van der Waals surface area (Å²) < 4.78 is 1.70. The molecule has 0 radical (unpaired) electrons. The highest BCUT2D eigenvalue weighted by atomic mass is 32.1. The van der Waals surface area contributed by atoms with E-state index in [4.69, 9.17) is 0 Å². The standard InChI is InChI=1S/C18H24N4O2S/c1-4-22-10-9-14(21-22)16(23)20-18-15(11(2)12(3)25-18)17(24)19-13-7-5-6-8-13/h9-10,13H,4-8H2,1-3H3,(H,19,24)(H,20,23). The van der Waals surface area contributed by atoms with Crippen molar-refractivity contribution in [1.29, 1.82) is 0 Å². The maximum Gasteiger partial charge on any atom is 0.276 e. The maximum absolute atomic E-state index is 12.7. The molecule has 1 aliphatic carbocycles. The number of carbonyl (C=O) groups excluding carboxylic acids is 2. The van der Waals surface area contributed by atoms with Crippen LogP contribution in [0.4, 0.5) is 5.00 Å². The van der Waals surface area contributed by atoms with Crippen molar-refractivity contribution in [3.63, 3.8) is 0 Å². The summed E-state index contributed by atoms with van der Waals surface area (Å²) in [6, 6.07) is 1.93. The van der Waals surface area contributed by atoms with Gasteiger partial charge in [-0.25, -0.2) is 0 Å². The average molecular weight is 360 g/mol. The molecule has 7 heteroatoms. The van der Waals surface area contributed by atoms with E-state index >= 15 is 0 Å². The van der Waals surface area contributed by atoms with Crippen molar-refractivity contribution in [3.8, 4) is 0 Å².